The van der Waals surface area contributed by atoms with Gasteiger partial charge >= 0.3 is 0 Å². The van der Waals surface area contributed by atoms with E-state index < -0.39 is 0 Å². The molecule has 1 aliphatic carbocycles. The predicted molar refractivity (Wildman–Crippen MR) is 114 cm³/mol. The zero-order valence-corrected chi connectivity index (χ0v) is 17.1. The van der Waals surface area contributed by atoms with Crippen LogP contribution in [0.1, 0.15) is 23.1 Å². The molecule has 1 saturated heterocycles. The van der Waals surface area contributed by atoms with Gasteiger partial charge in [-0.15, -0.1) is 12.4 Å². The van der Waals surface area contributed by atoms with Gasteiger partial charge in [0.15, 0.2) is 0 Å². The third kappa shape index (κ3) is 5.27. The topological polar surface area (TPSA) is 32.8 Å². The fourth-order valence-corrected chi connectivity index (χ4v) is 4.05. The van der Waals surface area contributed by atoms with E-state index in [2.05, 4.69) is 23.1 Å². The van der Waals surface area contributed by atoms with Crippen LogP contribution in [-0.4, -0.2) is 55.0 Å². The van der Waals surface area contributed by atoms with Crippen molar-refractivity contribution in [1.29, 1.82) is 0 Å². The Morgan fingerprint density at radius 2 is 1.68 bits per heavy atom. The highest BCUT2D eigenvalue weighted by Gasteiger charge is 2.21. The molecule has 0 atom stereocenters. The van der Waals surface area contributed by atoms with Crippen LogP contribution in [0.2, 0.25) is 0 Å². The van der Waals surface area contributed by atoms with E-state index in [-0.39, 0.29) is 18.3 Å². The van der Waals surface area contributed by atoms with Gasteiger partial charge < -0.3 is 9.64 Å². The highest BCUT2D eigenvalue weighted by molar-refractivity contribution is 5.85. The lowest BCUT2D eigenvalue weighted by molar-refractivity contribution is -0.132. The van der Waals surface area contributed by atoms with Gasteiger partial charge in [-0.05, 0) is 48.1 Å². The molecule has 1 heterocycles. The molecule has 0 aromatic heterocycles. The maximum absolute atomic E-state index is 12.7. The molecule has 2 aromatic carbocycles. The highest BCUT2D eigenvalue weighted by atomic mass is 35.5. The highest BCUT2D eigenvalue weighted by Crippen LogP contribution is 2.23. The summed E-state index contributed by atoms with van der Waals surface area (Å²) in [5.74, 6) is 1.17. The summed E-state index contributed by atoms with van der Waals surface area (Å²) >= 11 is 0. The van der Waals surface area contributed by atoms with Crippen LogP contribution < -0.4 is 4.74 Å². The smallest absolute Gasteiger partial charge is 0.227 e. The molecule has 0 radical (unpaired) electrons. The van der Waals surface area contributed by atoms with Crippen molar-refractivity contribution in [3.05, 3.63) is 65.2 Å². The summed E-state index contributed by atoms with van der Waals surface area (Å²) in [5.41, 5.74) is 4.08. The van der Waals surface area contributed by atoms with Crippen LogP contribution in [0.15, 0.2) is 48.5 Å². The van der Waals surface area contributed by atoms with Crippen LogP contribution in [0.3, 0.4) is 0 Å². The fraction of sp³-hybridized carbons (Fsp3) is 0.435. The molecule has 0 bridgehead atoms. The number of amides is 1. The van der Waals surface area contributed by atoms with E-state index in [0.717, 1.165) is 38.5 Å². The van der Waals surface area contributed by atoms with Crippen molar-refractivity contribution < 1.29 is 9.53 Å². The summed E-state index contributed by atoms with van der Waals surface area (Å²) < 4.78 is 5.78. The van der Waals surface area contributed by atoms with Crippen LogP contribution >= 0.6 is 12.4 Å². The molecular formula is C23H29ClN2O2. The number of aryl methyl sites for hydroxylation is 2. The first-order chi connectivity index (χ1) is 13.3. The number of hydrogen-bond acceptors (Lipinski definition) is 3. The second kappa shape index (κ2) is 9.94. The second-order valence-electron chi connectivity index (χ2n) is 7.52. The van der Waals surface area contributed by atoms with Gasteiger partial charge in [-0.1, -0.05) is 36.4 Å². The van der Waals surface area contributed by atoms with Crippen LogP contribution in [0.5, 0.6) is 5.75 Å². The molecule has 0 unspecified atom stereocenters. The number of fused-ring (bicyclic) bond motifs is 1. The number of para-hydroxylation sites is 1. The summed E-state index contributed by atoms with van der Waals surface area (Å²) in [7, 11) is 0. The summed E-state index contributed by atoms with van der Waals surface area (Å²) in [5, 5.41) is 0. The van der Waals surface area contributed by atoms with Crippen molar-refractivity contribution in [2.45, 2.75) is 25.7 Å². The molecule has 0 saturated carbocycles. The first-order valence-corrected chi connectivity index (χ1v) is 10.1. The van der Waals surface area contributed by atoms with Crippen molar-refractivity contribution in [3.63, 3.8) is 0 Å². The first-order valence-electron chi connectivity index (χ1n) is 10.1. The number of piperazine rings is 1. The maximum atomic E-state index is 12.7. The summed E-state index contributed by atoms with van der Waals surface area (Å²) in [6.45, 7) is 5.07. The molecular weight excluding hydrogens is 372 g/mol. The van der Waals surface area contributed by atoms with Crippen molar-refractivity contribution in [2.75, 3.05) is 39.3 Å². The average Bonchev–Trinajstić information content (AvgIpc) is 3.17. The lowest BCUT2D eigenvalue weighted by Crippen LogP contribution is -2.49. The lowest BCUT2D eigenvalue weighted by atomic mass is 10.0. The second-order valence-corrected chi connectivity index (χ2v) is 7.52. The molecule has 0 N–H and O–H groups in total. The zero-order chi connectivity index (χ0) is 18.5. The largest absolute Gasteiger partial charge is 0.492 e. The van der Waals surface area contributed by atoms with Gasteiger partial charge in [0.25, 0.3) is 0 Å². The molecule has 4 rings (SSSR count). The predicted octanol–water partition coefficient (Wildman–Crippen LogP) is 3.36. The van der Waals surface area contributed by atoms with Crippen LogP contribution in [0.25, 0.3) is 0 Å². The number of rotatable bonds is 6. The Kier molecular flexibility index (Phi) is 7.35. The normalized spacial score (nSPS) is 16.4. The Morgan fingerprint density at radius 3 is 2.46 bits per heavy atom. The van der Waals surface area contributed by atoms with E-state index in [9.17, 15) is 4.79 Å². The molecule has 0 spiro atoms. The van der Waals surface area contributed by atoms with Gasteiger partial charge in [0.2, 0.25) is 5.91 Å². The maximum Gasteiger partial charge on any atom is 0.227 e. The van der Waals surface area contributed by atoms with Crippen molar-refractivity contribution in [1.82, 2.24) is 9.80 Å². The third-order valence-electron chi connectivity index (χ3n) is 5.66. The third-order valence-corrected chi connectivity index (χ3v) is 5.66. The Hall–Kier alpha value is -2.04. The van der Waals surface area contributed by atoms with Gasteiger partial charge in [-0.2, -0.15) is 0 Å². The standard InChI is InChI=1S/C23H28N2O2.ClH/c26-23(18-19-9-10-20-5-4-6-21(20)17-19)25-13-11-24(12-14-25)15-16-27-22-7-2-1-3-8-22;/h1-3,7-10,17H,4-6,11-16,18H2;1H. The number of halogens is 1. The quantitative estimate of drug-likeness (QED) is 0.745. The minimum absolute atomic E-state index is 0. The number of benzene rings is 2. The Balaban J connectivity index is 0.00000225. The summed E-state index contributed by atoms with van der Waals surface area (Å²) in [6, 6.07) is 16.5. The number of hydrogen-bond donors (Lipinski definition) is 0. The van der Waals surface area contributed by atoms with Crippen molar-refractivity contribution in [3.8, 4) is 5.75 Å². The van der Waals surface area contributed by atoms with E-state index in [4.69, 9.17) is 4.74 Å². The fourth-order valence-electron chi connectivity index (χ4n) is 4.05. The van der Waals surface area contributed by atoms with Crippen molar-refractivity contribution in [2.24, 2.45) is 0 Å². The molecule has 1 aliphatic heterocycles. The van der Waals surface area contributed by atoms with E-state index in [1.807, 2.05) is 35.2 Å². The molecule has 5 heteroatoms. The van der Waals surface area contributed by atoms with Gasteiger partial charge in [0.05, 0.1) is 6.42 Å². The molecule has 1 amide bonds. The van der Waals surface area contributed by atoms with Gasteiger partial charge in [-0.3, -0.25) is 9.69 Å². The molecule has 2 aromatic rings. The minimum Gasteiger partial charge on any atom is -0.492 e. The Morgan fingerprint density at radius 1 is 0.929 bits per heavy atom. The Labute approximate surface area is 173 Å². The SMILES string of the molecule is Cl.O=C(Cc1ccc2c(c1)CCC2)N1CCN(CCOc2ccccc2)CC1. The van der Waals surface area contributed by atoms with E-state index in [0.29, 0.717) is 13.0 Å². The molecule has 2 aliphatic rings. The summed E-state index contributed by atoms with van der Waals surface area (Å²) in [6.07, 6.45) is 4.15. The van der Waals surface area contributed by atoms with E-state index in [1.54, 1.807) is 0 Å². The molecule has 28 heavy (non-hydrogen) atoms. The first kappa shape index (κ1) is 20.7. The van der Waals surface area contributed by atoms with Crippen LogP contribution in [-0.2, 0) is 24.1 Å². The number of carbonyl (C=O) groups is 1. The Bertz CT molecular complexity index is 773. The number of ether oxygens (including phenoxy) is 1. The molecule has 1 fully saturated rings. The van der Waals surface area contributed by atoms with Gasteiger partial charge in [0.1, 0.15) is 12.4 Å². The van der Waals surface area contributed by atoms with E-state index >= 15 is 0 Å². The number of carbonyl (C=O) groups excluding carboxylic acids is 1. The van der Waals surface area contributed by atoms with E-state index in [1.165, 1.54) is 36.0 Å². The lowest BCUT2D eigenvalue weighted by Gasteiger charge is -2.34. The van der Waals surface area contributed by atoms with Gasteiger partial charge in [-0.25, -0.2) is 0 Å². The zero-order valence-electron chi connectivity index (χ0n) is 16.3. The summed E-state index contributed by atoms with van der Waals surface area (Å²) in [4.78, 5) is 17.0. The van der Waals surface area contributed by atoms with Gasteiger partial charge in [0, 0.05) is 32.7 Å². The number of nitrogens with zero attached hydrogens (tertiary/aromatic N) is 2. The average molecular weight is 401 g/mol. The molecule has 150 valence electrons. The van der Waals surface area contributed by atoms with Crippen LogP contribution in [0.4, 0.5) is 0 Å². The van der Waals surface area contributed by atoms with Crippen LogP contribution in [0, 0.1) is 0 Å². The van der Waals surface area contributed by atoms with Crippen molar-refractivity contribution >= 4 is 18.3 Å². The monoisotopic (exact) mass is 400 g/mol. The molecule has 4 nitrogen and oxygen atoms in total. The minimum atomic E-state index is 0.